The van der Waals surface area contributed by atoms with Crippen LogP contribution in [0.15, 0.2) is 30.3 Å². The van der Waals surface area contributed by atoms with Gasteiger partial charge in [0.25, 0.3) is 0 Å². The second-order valence-corrected chi connectivity index (χ2v) is 5.44. The van der Waals surface area contributed by atoms with E-state index in [9.17, 15) is 4.79 Å². The largest absolute Gasteiger partial charge is 0.350 e. The number of nitrogens with zero attached hydrogens (tertiary/aromatic N) is 1. The second-order valence-electron chi connectivity index (χ2n) is 5.44. The van der Waals surface area contributed by atoms with Gasteiger partial charge in [-0.2, -0.15) is 0 Å². The number of nitrogens with one attached hydrogen (secondary N) is 1. The van der Waals surface area contributed by atoms with Crippen molar-refractivity contribution in [3.8, 4) is 0 Å². The van der Waals surface area contributed by atoms with Gasteiger partial charge in [-0.25, -0.2) is 0 Å². The van der Waals surface area contributed by atoms with Crippen LogP contribution in [0, 0.1) is 0 Å². The first-order chi connectivity index (χ1) is 8.43. The van der Waals surface area contributed by atoms with E-state index >= 15 is 0 Å². The van der Waals surface area contributed by atoms with E-state index in [2.05, 4.69) is 43.2 Å². The maximum absolute atomic E-state index is 11.4. The topological polar surface area (TPSA) is 32.3 Å². The van der Waals surface area contributed by atoms with Gasteiger partial charge in [0.2, 0.25) is 5.91 Å². The summed E-state index contributed by atoms with van der Waals surface area (Å²) in [5, 5.41) is 3.04. The van der Waals surface area contributed by atoms with E-state index < -0.39 is 0 Å². The molecule has 0 bridgehead atoms. The Kier molecular flexibility index (Phi) is 5.35. The number of hydrogen-bond acceptors (Lipinski definition) is 2. The molecule has 0 unspecified atom stereocenters. The standard InChI is InChI=1S/C15H24N2O/c1-5-14(18)16-15(2,3)12-17(4)11-13-9-7-6-8-10-13/h6-10H,5,11-12H2,1-4H3,(H,16,18). The maximum atomic E-state index is 11.4. The molecule has 0 aliphatic rings. The van der Waals surface area contributed by atoms with E-state index in [1.807, 2.05) is 25.1 Å². The number of amides is 1. The molecule has 0 aromatic heterocycles. The quantitative estimate of drug-likeness (QED) is 0.838. The highest BCUT2D eigenvalue weighted by molar-refractivity contribution is 5.76. The Bertz CT molecular complexity index is 373. The van der Waals surface area contributed by atoms with Gasteiger partial charge >= 0.3 is 0 Å². The molecular formula is C15H24N2O. The van der Waals surface area contributed by atoms with Gasteiger partial charge in [0.05, 0.1) is 0 Å². The molecule has 0 fully saturated rings. The fourth-order valence-electron chi connectivity index (χ4n) is 2.13. The summed E-state index contributed by atoms with van der Waals surface area (Å²) in [6.45, 7) is 7.71. The minimum absolute atomic E-state index is 0.105. The average molecular weight is 248 g/mol. The number of likely N-dealkylation sites (N-methyl/N-ethyl adjacent to an activating group) is 1. The number of benzene rings is 1. The highest BCUT2D eigenvalue weighted by atomic mass is 16.1. The van der Waals surface area contributed by atoms with Crippen molar-refractivity contribution >= 4 is 5.91 Å². The van der Waals surface area contributed by atoms with E-state index in [4.69, 9.17) is 0 Å². The van der Waals surface area contributed by atoms with Crippen LogP contribution in [0.2, 0.25) is 0 Å². The fraction of sp³-hybridized carbons (Fsp3) is 0.533. The van der Waals surface area contributed by atoms with Gasteiger partial charge in [-0.3, -0.25) is 9.69 Å². The first-order valence-electron chi connectivity index (χ1n) is 6.46. The van der Waals surface area contributed by atoms with Crippen LogP contribution < -0.4 is 5.32 Å². The Balaban J connectivity index is 2.48. The number of hydrogen-bond donors (Lipinski definition) is 1. The Morgan fingerprint density at radius 2 is 1.89 bits per heavy atom. The minimum Gasteiger partial charge on any atom is -0.350 e. The fourth-order valence-corrected chi connectivity index (χ4v) is 2.13. The summed E-state index contributed by atoms with van der Waals surface area (Å²) in [5.41, 5.74) is 1.09. The molecule has 1 rings (SSSR count). The molecule has 0 saturated carbocycles. The molecule has 0 aliphatic carbocycles. The van der Waals surface area contributed by atoms with Gasteiger partial charge in [-0.05, 0) is 26.5 Å². The van der Waals surface area contributed by atoms with Crippen LogP contribution in [0.3, 0.4) is 0 Å². The normalized spacial score (nSPS) is 11.6. The summed E-state index contributed by atoms with van der Waals surface area (Å²) in [7, 11) is 2.08. The van der Waals surface area contributed by atoms with Gasteiger partial charge < -0.3 is 5.32 Å². The molecule has 0 heterocycles. The molecule has 0 saturated heterocycles. The van der Waals surface area contributed by atoms with Crippen molar-refractivity contribution in [2.24, 2.45) is 0 Å². The molecule has 0 radical (unpaired) electrons. The van der Waals surface area contributed by atoms with Crippen molar-refractivity contribution in [1.82, 2.24) is 10.2 Å². The van der Waals surface area contributed by atoms with Crippen LogP contribution in [0.25, 0.3) is 0 Å². The smallest absolute Gasteiger partial charge is 0.220 e. The Labute approximate surface area is 110 Å². The molecular weight excluding hydrogens is 224 g/mol. The molecule has 1 aromatic rings. The number of rotatable bonds is 6. The Morgan fingerprint density at radius 3 is 2.44 bits per heavy atom. The molecule has 1 amide bonds. The molecule has 0 atom stereocenters. The highest BCUT2D eigenvalue weighted by Crippen LogP contribution is 2.09. The molecule has 0 aliphatic heterocycles. The zero-order chi connectivity index (χ0) is 13.6. The summed E-state index contributed by atoms with van der Waals surface area (Å²) < 4.78 is 0. The van der Waals surface area contributed by atoms with Crippen molar-refractivity contribution in [1.29, 1.82) is 0 Å². The van der Waals surface area contributed by atoms with Gasteiger partial charge in [0.1, 0.15) is 0 Å². The lowest BCUT2D eigenvalue weighted by Gasteiger charge is -2.31. The van der Waals surface area contributed by atoms with Crippen LogP contribution >= 0.6 is 0 Å². The summed E-state index contributed by atoms with van der Waals surface area (Å²) in [4.78, 5) is 13.7. The van der Waals surface area contributed by atoms with Crippen LogP contribution in [0.1, 0.15) is 32.8 Å². The Morgan fingerprint density at radius 1 is 1.28 bits per heavy atom. The van der Waals surface area contributed by atoms with Crippen molar-refractivity contribution < 1.29 is 4.79 Å². The van der Waals surface area contributed by atoms with Crippen LogP contribution in [0.4, 0.5) is 0 Å². The zero-order valence-corrected chi connectivity index (χ0v) is 11.9. The summed E-state index contributed by atoms with van der Waals surface area (Å²) in [6.07, 6.45) is 0.534. The molecule has 18 heavy (non-hydrogen) atoms. The predicted octanol–water partition coefficient (Wildman–Crippen LogP) is 2.42. The molecule has 1 N–H and O–H groups in total. The van der Waals surface area contributed by atoms with Gasteiger partial charge in [0, 0.05) is 25.0 Å². The van der Waals surface area contributed by atoms with Crippen molar-refractivity contribution in [2.75, 3.05) is 13.6 Å². The lowest BCUT2D eigenvalue weighted by molar-refractivity contribution is -0.122. The van der Waals surface area contributed by atoms with Gasteiger partial charge in [0.15, 0.2) is 0 Å². The molecule has 3 heteroatoms. The summed E-state index contributed by atoms with van der Waals surface area (Å²) in [6, 6.07) is 10.4. The van der Waals surface area contributed by atoms with Gasteiger partial charge in [-0.1, -0.05) is 37.3 Å². The van der Waals surface area contributed by atoms with E-state index in [-0.39, 0.29) is 11.4 Å². The van der Waals surface area contributed by atoms with Crippen LogP contribution in [-0.4, -0.2) is 29.9 Å². The maximum Gasteiger partial charge on any atom is 0.220 e. The molecule has 0 spiro atoms. The van der Waals surface area contributed by atoms with Gasteiger partial charge in [-0.15, -0.1) is 0 Å². The molecule has 3 nitrogen and oxygen atoms in total. The van der Waals surface area contributed by atoms with Crippen LogP contribution in [0.5, 0.6) is 0 Å². The van der Waals surface area contributed by atoms with Crippen molar-refractivity contribution in [3.05, 3.63) is 35.9 Å². The zero-order valence-electron chi connectivity index (χ0n) is 11.9. The number of carbonyl (C=O) groups excluding carboxylic acids is 1. The third-order valence-corrected chi connectivity index (χ3v) is 2.76. The SMILES string of the molecule is CCC(=O)NC(C)(C)CN(C)Cc1ccccc1. The first kappa shape index (κ1) is 14.7. The Hall–Kier alpha value is -1.35. The van der Waals surface area contributed by atoms with E-state index in [1.165, 1.54) is 5.56 Å². The summed E-state index contributed by atoms with van der Waals surface area (Å²) in [5.74, 6) is 0.105. The lowest BCUT2D eigenvalue weighted by Crippen LogP contribution is -2.50. The predicted molar refractivity (Wildman–Crippen MR) is 75.3 cm³/mol. The lowest BCUT2D eigenvalue weighted by atomic mass is 10.0. The minimum atomic E-state index is -0.198. The van der Waals surface area contributed by atoms with Crippen molar-refractivity contribution in [2.45, 2.75) is 39.3 Å². The van der Waals surface area contributed by atoms with Crippen molar-refractivity contribution in [3.63, 3.8) is 0 Å². The van der Waals surface area contributed by atoms with E-state index in [0.29, 0.717) is 6.42 Å². The second kappa shape index (κ2) is 6.55. The third-order valence-electron chi connectivity index (χ3n) is 2.76. The third kappa shape index (κ3) is 5.32. The number of carbonyl (C=O) groups is 1. The molecule has 1 aromatic carbocycles. The summed E-state index contributed by atoms with van der Waals surface area (Å²) >= 11 is 0. The average Bonchev–Trinajstić information content (AvgIpc) is 2.28. The van der Waals surface area contributed by atoms with E-state index in [0.717, 1.165) is 13.1 Å². The van der Waals surface area contributed by atoms with Crippen LogP contribution in [-0.2, 0) is 11.3 Å². The van der Waals surface area contributed by atoms with E-state index in [1.54, 1.807) is 0 Å². The monoisotopic (exact) mass is 248 g/mol. The first-order valence-corrected chi connectivity index (χ1v) is 6.46. The molecule has 100 valence electrons. The highest BCUT2D eigenvalue weighted by Gasteiger charge is 2.21.